The van der Waals surface area contributed by atoms with Gasteiger partial charge in [0.15, 0.2) is 0 Å². The molecular weight excluding hydrogens is 590 g/mol. The monoisotopic (exact) mass is 639 g/mol. The summed E-state index contributed by atoms with van der Waals surface area (Å²) in [4.78, 5) is 58.8. The first-order valence-corrected chi connectivity index (χ1v) is 16.3. The van der Waals surface area contributed by atoms with Crippen molar-refractivity contribution in [1.29, 1.82) is 0 Å². The van der Waals surface area contributed by atoms with Crippen molar-refractivity contribution in [2.24, 2.45) is 11.8 Å². The summed E-state index contributed by atoms with van der Waals surface area (Å²) in [5.74, 6) is -3.24. The number of hydrogen-bond donors (Lipinski definition) is 2. The van der Waals surface area contributed by atoms with Crippen LogP contribution in [0.3, 0.4) is 0 Å². The van der Waals surface area contributed by atoms with E-state index in [-0.39, 0.29) is 49.9 Å². The molecule has 1 aromatic rings. The molecule has 46 heavy (non-hydrogen) atoms. The van der Waals surface area contributed by atoms with E-state index in [0.717, 1.165) is 0 Å². The van der Waals surface area contributed by atoms with Gasteiger partial charge in [0.2, 0.25) is 17.7 Å². The van der Waals surface area contributed by atoms with E-state index in [1.807, 2.05) is 44.2 Å². The van der Waals surface area contributed by atoms with Crippen LogP contribution < -0.4 is 5.32 Å². The van der Waals surface area contributed by atoms with Gasteiger partial charge in [0.25, 0.3) is 0 Å². The molecule has 0 radical (unpaired) electrons. The maximum Gasteiger partial charge on any atom is 0.313 e. The van der Waals surface area contributed by atoms with E-state index in [1.165, 1.54) is 7.11 Å². The van der Waals surface area contributed by atoms with Crippen LogP contribution in [0.25, 0.3) is 0 Å². The Morgan fingerprint density at radius 1 is 1.20 bits per heavy atom. The van der Waals surface area contributed by atoms with Crippen molar-refractivity contribution in [1.82, 2.24) is 15.1 Å². The predicted molar refractivity (Wildman–Crippen MR) is 171 cm³/mol. The zero-order valence-electron chi connectivity index (χ0n) is 27.3. The fourth-order valence-electron chi connectivity index (χ4n) is 7.31. The third-order valence-corrected chi connectivity index (χ3v) is 9.35. The maximum atomic E-state index is 14.3. The Kier molecular flexibility index (Phi) is 12.2. The van der Waals surface area contributed by atoms with Gasteiger partial charge in [-0.15, -0.1) is 13.2 Å². The lowest BCUT2D eigenvalue weighted by atomic mass is 9.70. The number of aliphatic hydroxyl groups is 1. The molecule has 3 aliphatic heterocycles. The Balaban J connectivity index is 1.68. The zero-order valence-corrected chi connectivity index (χ0v) is 27.3. The van der Waals surface area contributed by atoms with Crippen LogP contribution in [0.4, 0.5) is 0 Å². The average molecular weight is 640 g/mol. The smallest absolute Gasteiger partial charge is 0.313 e. The highest BCUT2D eigenvalue weighted by molar-refractivity contribution is 5.98. The largest absolute Gasteiger partial charge is 0.455 e. The van der Waals surface area contributed by atoms with Gasteiger partial charge < -0.3 is 34.4 Å². The average Bonchev–Trinajstić information content (AvgIpc) is 3.68. The minimum absolute atomic E-state index is 0.0367. The van der Waals surface area contributed by atoms with Gasteiger partial charge >= 0.3 is 5.97 Å². The third-order valence-electron chi connectivity index (χ3n) is 9.35. The molecule has 0 saturated carbocycles. The highest BCUT2D eigenvalue weighted by Gasteiger charge is 2.75. The lowest BCUT2D eigenvalue weighted by Crippen LogP contribution is -2.57. The number of esters is 1. The Morgan fingerprint density at radius 3 is 2.57 bits per heavy atom. The number of methoxy groups -OCH3 is 1. The number of rotatable bonds is 18. The Hall–Kier alpha value is -3.54. The van der Waals surface area contributed by atoms with Crippen LogP contribution >= 0.6 is 0 Å². The molecule has 1 aromatic carbocycles. The van der Waals surface area contributed by atoms with Gasteiger partial charge in [-0.05, 0) is 51.5 Å². The highest BCUT2D eigenvalue weighted by Crippen LogP contribution is 2.59. The Labute approximate surface area is 271 Å². The second-order valence-electron chi connectivity index (χ2n) is 12.6. The normalized spacial score (nSPS) is 26.0. The second kappa shape index (κ2) is 15.8. The zero-order chi connectivity index (χ0) is 33.4. The van der Waals surface area contributed by atoms with E-state index in [4.69, 9.17) is 14.2 Å². The minimum atomic E-state index is -1.18. The number of carbonyl (C=O) groups excluding carboxylic acids is 4. The number of benzene rings is 1. The summed E-state index contributed by atoms with van der Waals surface area (Å²) >= 11 is 0. The molecule has 11 nitrogen and oxygen atoms in total. The van der Waals surface area contributed by atoms with Crippen molar-refractivity contribution >= 4 is 23.7 Å². The molecule has 3 heterocycles. The molecule has 3 aliphatic rings. The molecule has 3 fully saturated rings. The number of likely N-dealkylation sites (tertiary alicyclic amines) is 1. The van der Waals surface area contributed by atoms with Crippen molar-refractivity contribution in [2.45, 2.75) is 88.3 Å². The van der Waals surface area contributed by atoms with Crippen molar-refractivity contribution in [3.63, 3.8) is 0 Å². The lowest BCUT2D eigenvalue weighted by molar-refractivity contribution is -0.163. The molecule has 2 bridgehead atoms. The molecule has 3 saturated heterocycles. The van der Waals surface area contributed by atoms with E-state index in [0.29, 0.717) is 44.2 Å². The van der Waals surface area contributed by atoms with Gasteiger partial charge in [0, 0.05) is 39.3 Å². The molecule has 1 spiro atoms. The molecule has 0 aromatic heterocycles. The van der Waals surface area contributed by atoms with Crippen LogP contribution in [-0.2, 0) is 33.4 Å². The number of allylic oxidation sites excluding steroid dienone is 1. The molecule has 3 amide bonds. The van der Waals surface area contributed by atoms with Crippen LogP contribution in [0.15, 0.2) is 55.6 Å². The first kappa shape index (κ1) is 35.3. The molecule has 11 heteroatoms. The quantitative estimate of drug-likeness (QED) is 0.142. The van der Waals surface area contributed by atoms with E-state index in [9.17, 15) is 24.3 Å². The Bertz CT molecular complexity index is 1260. The predicted octanol–water partition coefficient (Wildman–Crippen LogP) is 2.94. The van der Waals surface area contributed by atoms with E-state index >= 15 is 0 Å². The van der Waals surface area contributed by atoms with Gasteiger partial charge in [-0.2, -0.15) is 0 Å². The van der Waals surface area contributed by atoms with Crippen molar-refractivity contribution in [2.75, 3.05) is 33.4 Å². The van der Waals surface area contributed by atoms with Crippen molar-refractivity contribution in [3.05, 3.63) is 61.2 Å². The summed E-state index contributed by atoms with van der Waals surface area (Å²) in [6, 6.07) is 7.34. The minimum Gasteiger partial charge on any atom is -0.455 e. The second-order valence-corrected chi connectivity index (χ2v) is 12.6. The van der Waals surface area contributed by atoms with Gasteiger partial charge in [0.05, 0.1) is 30.6 Å². The van der Waals surface area contributed by atoms with Gasteiger partial charge in [-0.3, -0.25) is 19.2 Å². The first-order valence-electron chi connectivity index (χ1n) is 16.3. The van der Waals surface area contributed by atoms with Crippen LogP contribution in [0, 0.1) is 11.8 Å². The number of aliphatic hydroxyl groups excluding tert-OH is 1. The summed E-state index contributed by atoms with van der Waals surface area (Å²) in [6.07, 6.45) is 4.44. The van der Waals surface area contributed by atoms with Gasteiger partial charge in [0.1, 0.15) is 17.7 Å². The van der Waals surface area contributed by atoms with Crippen molar-refractivity contribution in [3.8, 4) is 0 Å². The van der Waals surface area contributed by atoms with Crippen LogP contribution in [0.5, 0.6) is 0 Å². The number of carbonyl (C=O) groups is 4. The SMILES string of the molecule is C=CCCC(=O)N[C@H](COC)[C@H](OC(=O)[C@@H]1[C@H]2C(=O)N(CCCCO)[C@H](C(=O)N(CC=C)C(C)C)[C@]23CC[C@H]1O3)c1ccccc1. The van der Waals surface area contributed by atoms with Gasteiger partial charge in [-0.1, -0.05) is 42.5 Å². The first-order chi connectivity index (χ1) is 22.1. The summed E-state index contributed by atoms with van der Waals surface area (Å²) < 4.78 is 18.3. The number of unbranched alkanes of at least 4 members (excludes halogenated alkanes) is 1. The Morgan fingerprint density at radius 2 is 1.93 bits per heavy atom. The molecule has 0 aliphatic carbocycles. The standard InChI is InChI=1S/C35H49N3O8/c1-6-8-16-27(40)36-25(22-44-5)30(24-14-10-9-11-15-24)45-34(43)28-26-17-18-35(46-26)29(28)32(41)38(20-12-13-21-39)31(35)33(42)37(19-7-2)23(3)4/h6-7,9-11,14-15,23,25-26,28-31,39H,1-2,8,12-13,16-22H2,3-5H3,(H,36,40)/t25-,26-,28+,29+,30-,31-,35+/m1/s1. The highest BCUT2D eigenvalue weighted by atomic mass is 16.6. The van der Waals surface area contributed by atoms with E-state index < -0.39 is 47.7 Å². The van der Waals surface area contributed by atoms with Crippen LogP contribution in [0.2, 0.25) is 0 Å². The number of hydrogen-bond acceptors (Lipinski definition) is 8. The van der Waals surface area contributed by atoms with Crippen LogP contribution in [-0.4, -0.2) is 102 Å². The van der Waals surface area contributed by atoms with E-state index in [1.54, 1.807) is 22.0 Å². The van der Waals surface area contributed by atoms with Crippen molar-refractivity contribution < 1.29 is 38.5 Å². The van der Waals surface area contributed by atoms with Crippen LogP contribution in [0.1, 0.15) is 64.0 Å². The molecule has 252 valence electrons. The number of ether oxygens (including phenoxy) is 3. The summed E-state index contributed by atoms with van der Waals surface area (Å²) in [6.45, 7) is 11.9. The summed E-state index contributed by atoms with van der Waals surface area (Å²) in [7, 11) is 1.51. The molecule has 7 atom stereocenters. The third kappa shape index (κ3) is 7.06. The molecule has 2 N–H and O–H groups in total. The number of fused-ring (bicyclic) bond motifs is 1. The number of nitrogens with one attached hydrogen (secondary N) is 1. The fourth-order valence-corrected chi connectivity index (χ4v) is 7.31. The summed E-state index contributed by atoms with van der Waals surface area (Å²) in [5.41, 5.74) is -0.516. The lowest BCUT2D eigenvalue weighted by Gasteiger charge is -2.38. The molecular formula is C35H49N3O8. The topological polar surface area (TPSA) is 135 Å². The number of nitrogens with zero attached hydrogens (tertiary/aromatic N) is 2. The van der Waals surface area contributed by atoms with E-state index in [2.05, 4.69) is 18.5 Å². The molecule has 0 unspecified atom stereocenters. The summed E-state index contributed by atoms with van der Waals surface area (Å²) in [5, 5.41) is 12.4. The number of amides is 3. The maximum absolute atomic E-state index is 14.3. The molecule has 4 rings (SSSR count). The van der Waals surface area contributed by atoms with Gasteiger partial charge in [-0.25, -0.2) is 0 Å². The fraction of sp³-hybridized carbons (Fsp3) is 0.600.